The number of fused-ring (bicyclic) bond motifs is 1. The third kappa shape index (κ3) is 3.87. The number of hydrogen-bond acceptors (Lipinski definition) is 6. The molecule has 1 aliphatic carbocycles. The molecule has 1 saturated carbocycles. The average molecular weight is 470 g/mol. The van der Waals surface area contributed by atoms with Gasteiger partial charge >= 0.3 is 11.7 Å². The van der Waals surface area contributed by atoms with Gasteiger partial charge in [-0.05, 0) is 19.4 Å². The van der Waals surface area contributed by atoms with Crippen molar-refractivity contribution in [3.8, 4) is 0 Å². The number of piperidine rings is 1. The van der Waals surface area contributed by atoms with Crippen molar-refractivity contribution in [3.63, 3.8) is 0 Å². The summed E-state index contributed by atoms with van der Waals surface area (Å²) in [7, 11) is 0. The molecule has 1 unspecified atom stereocenters. The van der Waals surface area contributed by atoms with Gasteiger partial charge in [0.15, 0.2) is 0 Å². The van der Waals surface area contributed by atoms with Gasteiger partial charge in [0.25, 0.3) is 17.4 Å². The zero-order valence-corrected chi connectivity index (χ0v) is 19.0. The summed E-state index contributed by atoms with van der Waals surface area (Å²) in [5.74, 6) is -4.39. The van der Waals surface area contributed by atoms with E-state index in [4.69, 9.17) is 4.74 Å². The molecule has 1 aliphatic heterocycles. The van der Waals surface area contributed by atoms with Gasteiger partial charge in [0.05, 0.1) is 10.3 Å². The van der Waals surface area contributed by atoms with Gasteiger partial charge in [-0.1, -0.05) is 0 Å². The largest absolute Gasteiger partial charge is 0.462 e. The molecule has 4 rings (SSSR count). The molecule has 11 heteroatoms. The molecule has 0 spiro atoms. The van der Waals surface area contributed by atoms with Crippen LogP contribution in [-0.4, -0.2) is 51.0 Å². The van der Waals surface area contributed by atoms with Gasteiger partial charge in [0, 0.05) is 58.3 Å². The second kappa shape index (κ2) is 8.09. The van der Waals surface area contributed by atoms with Gasteiger partial charge in [-0.25, -0.2) is 13.6 Å². The first kappa shape index (κ1) is 22.6. The van der Waals surface area contributed by atoms with Crippen LogP contribution in [0.15, 0.2) is 9.59 Å². The summed E-state index contributed by atoms with van der Waals surface area (Å²) in [5, 5.41) is 0.235. The van der Waals surface area contributed by atoms with E-state index in [1.54, 1.807) is 18.7 Å². The number of halogens is 2. The molecule has 32 heavy (non-hydrogen) atoms. The fourth-order valence-electron chi connectivity index (χ4n) is 4.28. The summed E-state index contributed by atoms with van der Waals surface area (Å²) in [6.07, 6.45) is 0.500. The molecule has 0 bridgehead atoms. The molecule has 1 atom stereocenters. The number of rotatable bonds is 5. The lowest BCUT2D eigenvalue weighted by molar-refractivity contribution is -0.148. The van der Waals surface area contributed by atoms with Crippen LogP contribution in [0.25, 0.3) is 10.2 Å². The highest BCUT2D eigenvalue weighted by atomic mass is 32.1. The highest BCUT2D eigenvalue weighted by Gasteiger charge is 2.57. The van der Waals surface area contributed by atoms with Gasteiger partial charge in [-0.2, -0.15) is 0 Å². The van der Waals surface area contributed by atoms with Crippen molar-refractivity contribution in [3.05, 3.63) is 31.3 Å². The van der Waals surface area contributed by atoms with Crippen LogP contribution in [0, 0.1) is 12.8 Å². The number of amides is 1. The molecule has 2 aromatic rings. The van der Waals surface area contributed by atoms with Crippen molar-refractivity contribution in [1.82, 2.24) is 14.0 Å². The summed E-state index contributed by atoms with van der Waals surface area (Å²) < 4.78 is 34.6. The highest BCUT2D eigenvalue weighted by Crippen LogP contribution is 2.49. The van der Waals surface area contributed by atoms with Crippen molar-refractivity contribution in [2.75, 3.05) is 13.1 Å². The molecule has 1 saturated heterocycles. The number of esters is 1. The molecule has 8 nitrogen and oxygen atoms in total. The quantitative estimate of drug-likeness (QED) is 0.627. The number of aromatic nitrogens is 2. The van der Waals surface area contributed by atoms with Crippen LogP contribution in [0.3, 0.4) is 0 Å². The van der Waals surface area contributed by atoms with Crippen molar-refractivity contribution in [2.45, 2.75) is 65.1 Å². The Balaban J connectivity index is 1.71. The number of carbonyl (C=O) groups excluding carboxylic acids is 2. The topological polar surface area (TPSA) is 90.6 Å². The molecule has 2 aromatic heterocycles. The maximum Gasteiger partial charge on any atom is 0.332 e. The second-order valence-corrected chi connectivity index (χ2v) is 9.44. The van der Waals surface area contributed by atoms with E-state index in [1.165, 1.54) is 11.5 Å². The summed E-state index contributed by atoms with van der Waals surface area (Å²) in [5.41, 5.74) is -0.677. The first-order valence-electron chi connectivity index (χ1n) is 10.7. The Kier molecular flexibility index (Phi) is 5.72. The van der Waals surface area contributed by atoms with E-state index < -0.39 is 23.1 Å². The van der Waals surface area contributed by atoms with E-state index in [0.29, 0.717) is 36.4 Å². The summed E-state index contributed by atoms with van der Waals surface area (Å²) in [4.78, 5) is 52.5. The van der Waals surface area contributed by atoms with Crippen LogP contribution in [0.1, 0.15) is 48.3 Å². The Bertz CT molecular complexity index is 1210. The van der Waals surface area contributed by atoms with Gasteiger partial charge < -0.3 is 9.64 Å². The predicted octanol–water partition coefficient (Wildman–Crippen LogP) is 2.38. The van der Waals surface area contributed by atoms with Gasteiger partial charge in [0.2, 0.25) is 0 Å². The molecule has 2 fully saturated rings. The Hall–Kier alpha value is -2.56. The Morgan fingerprint density at radius 3 is 2.34 bits per heavy atom. The lowest BCUT2D eigenvalue weighted by atomic mass is 10.1. The maximum absolute atomic E-state index is 13.6. The van der Waals surface area contributed by atoms with Crippen molar-refractivity contribution in [2.24, 2.45) is 5.92 Å². The number of thiophene rings is 1. The smallest absolute Gasteiger partial charge is 0.332 e. The zero-order chi connectivity index (χ0) is 23.4. The standard InChI is InChI=1S/C21H25F2N3O5S/c1-4-25-17(28)15-11(2)16(18(29)24-7-5-14(6-8-24)31-12(3)27)32-19(15)26(20(25)30)10-13-9-21(13,22)23/h13-14H,4-10H2,1-3H3. The van der Waals surface area contributed by atoms with Crippen LogP contribution in [-0.2, 0) is 22.6 Å². The Labute approximate surface area is 186 Å². The Morgan fingerprint density at radius 1 is 1.19 bits per heavy atom. The number of nitrogens with zero attached hydrogens (tertiary/aromatic N) is 3. The van der Waals surface area contributed by atoms with Gasteiger partial charge in [-0.15, -0.1) is 11.3 Å². The minimum absolute atomic E-state index is 0.108. The third-order valence-corrected chi connectivity index (χ3v) is 7.53. The molecule has 1 amide bonds. The number of aryl methyl sites for hydroxylation is 1. The lowest BCUT2D eigenvalue weighted by Gasteiger charge is -2.31. The number of alkyl halides is 2. The molecular formula is C21H25F2N3O5S. The van der Waals surface area contributed by atoms with E-state index in [-0.39, 0.29) is 47.7 Å². The van der Waals surface area contributed by atoms with Gasteiger partial charge in [-0.3, -0.25) is 23.5 Å². The molecule has 0 N–H and O–H groups in total. The predicted molar refractivity (Wildman–Crippen MR) is 115 cm³/mol. The number of carbonyl (C=O) groups is 2. The van der Waals surface area contributed by atoms with E-state index >= 15 is 0 Å². The molecule has 174 valence electrons. The van der Waals surface area contributed by atoms with Crippen molar-refractivity contribution < 1.29 is 23.1 Å². The minimum Gasteiger partial charge on any atom is -0.462 e. The van der Waals surface area contributed by atoms with Crippen LogP contribution >= 0.6 is 11.3 Å². The first-order valence-corrected chi connectivity index (χ1v) is 11.5. The highest BCUT2D eigenvalue weighted by molar-refractivity contribution is 7.20. The van der Waals surface area contributed by atoms with Gasteiger partial charge in [0.1, 0.15) is 10.9 Å². The van der Waals surface area contributed by atoms with Crippen LogP contribution in [0.5, 0.6) is 0 Å². The lowest BCUT2D eigenvalue weighted by Crippen LogP contribution is -2.41. The monoisotopic (exact) mass is 469 g/mol. The minimum atomic E-state index is -2.81. The SMILES string of the molecule is CCn1c(=O)c2c(C)c(C(=O)N3CCC(OC(C)=O)CC3)sc2n(CC2CC2(F)F)c1=O. The van der Waals surface area contributed by atoms with Crippen LogP contribution in [0.2, 0.25) is 0 Å². The van der Waals surface area contributed by atoms with E-state index in [2.05, 4.69) is 0 Å². The van der Waals surface area contributed by atoms with Crippen molar-refractivity contribution >= 4 is 33.4 Å². The van der Waals surface area contributed by atoms with Crippen molar-refractivity contribution in [1.29, 1.82) is 0 Å². The molecule has 3 heterocycles. The molecule has 0 radical (unpaired) electrons. The molecule has 2 aliphatic rings. The number of ether oxygens (including phenoxy) is 1. The summed E-state index contributed by atoms with van der Waals surface area (Å²) >= 11 is 1.01. The fourth-order valence-corrected chi connectivity index (χ4v) is 5.55. The molecular weight excluding hydrogens is 444 g/mol. The van der Waals surface area contributed by atoms with Crippen LogP contribution in [0.4, 0.5) is 8.78 Å². The Morgan fingerprint density at radius 2 is 1.81 bits per heavy atom. The fraction of sp³-hybridized carbons (Fsp3) is 0.619. The van der Waals surface area contributed by atoms with E-state index in [0.717, 1.165) is 15.9 Å². The van der Waals surface area contributed by atoms with Crippen LogP contribution < -0.4 is 11.2 Å². The maximum atomic E-state index is 13.6. The normalized spacial score (nSPS) is 20.5. The molecule has 0 aromatic carbocycles. The van der Waals surface area contributed by atoms with E-state index in [1.807, 2.05) is 0 Å². The average Bonchev–Trinajstić information content (AvgIpc) is 3.18. The third-order valence-electron chi connectivity index (χ3n) is 6.23. The number of likely N-dealkylation sites (tertiary alicyclic amines) is 1. The summed E-state index contributed by atoms with van der Waals surface area (Å²) in [6.45, 7) is 5.35. The number of hydrogen-bond donors (Lipinski definition) is 0. The van der Waals surface area contributed by atoms with E-state index in [9.17, 15) is 28.0 Å². The second-order valence-electron chi connectivity index (χ2n) is 8.44. The first-order chi connectivity index (χ1) is 15.0. The zero-order valence-electron chi connectivity index (χ0n) is 18.2. The summed E-state index contributed by atoms with van der Waals surface area (Å²) in [6, 6.07) is 0.